The predicted molar refractivity (Wildman–Crippen MR) is 123 cm³/mol. The van der Waals surface area contributed by atoms with Gasteiger partial charge in [0.15, 0.2) is 5.78 Å². The minimum atomic E-state index is -0.373. The summed E-state index contributed by atoms with van der Waals surface area (Å²) in [4.78, 5) is 13.3. The molecule has 0 unspecified atom stereocenters. The maximum Gasteiger partial charge on any atom is 0.205 e. The van der Waals surface area contributed by atoms with Gasteiger partial charge >= 0.3 is 0 Å². The van der Waals surface area contributed by atoms with Crippen LogP contribution < -0.4 is 10.6 Å². The van der Waals surface area contributed by atoms with Gasteiger partial charge in [0.25, 0.3) is 0 Å². The van der Waals surface area contributed by atoms with E-state index in [9.17, 15) is 9.18 Å². The van der Waals surface area contributed by atoms with Gasteiger partial charge in [0.1, 0.15) is 11.4 Å². The maximum atomic E-state index is 13.4. The van der Waals surface area contributed by atoms with Crippen molar-refractivity contribution in [2.45, 2.75) is 26.3 Å². The number of benzene rings is 3. The first-order valence-electron chi connectivity index (χ1n) is 10.5. The number of furan rings is 1. The molecule has 0 aliphatic carbocycles. The SMILES string of the molecule is CCCCNc1oc2ccc(NCc3ccccc3)cc2c1C(=O)c1ccc(F)cc1. The van der Waals surface area contributed by atoms with Crippen molar-refractivity contribution in [3.8, 4) is 0 Å². The van der Waals surface area contributed by atoms with Crippen molar-refractivity contribution in [3.63, 3.8) is 0 Å². The average Bonchev–Trinajstić information content (AvgIpc) is 3.16. The quantitative estimate of drug-likeness (QED) is 0.238. The van der Waals surface area contributed by atoms with Gasteiger partial charge in [-0.1, -0.05) is 43.7 Å². The summed E-state index contributed by atoms with van der Waals surface area (Å²) in [6.45, 7) is 3.49. The Morgan fingerprint density at radius 1 is 0.968 bits per heavy atom. The first-order valence-corrected chi connectivity index (χ1v) is 10.5. The summed E-state index contributed by atoms with van der Waals surface area (Å²) in [6.07, 6.45) is 1.99. The second kappa shape index (κ2) is 9.47. The molecule has 0 saturated carbocycles. The van der Waals surface area contributed by atoms with E-state index in [1.807, 2.05) is 36.4 Å². The van der Waals surface area contributed by atoms with Gasteiger partial charge in [-0.2, -0.15) is 0 Å². The smallest absolute Gasteiger partial charge is 0.205 e. The Kier molecular flexibility index (Phi) is 6.32. The Hall–Kier alpha value is -3.60. The van der Waals surface area contributed by atoms with Crippen LogP contribution in [0, 0.1) is 5.82 Å². The first-order chi connectivity index (χ1) is 15.2. The fraction of sp³-hybridized carbons (Fsp3) is 0.192. The summed E-state index contributed by atoms with van der Waals surface area (Å²) < 4.78 is 19.4. The summed E-state index contributed by atoms with van der Waals surface area (Å²) >= 11 is 0. The second-order valence-corrected chi connectivity index (χ2v) is 7.47. The fourth-order valence-electron chi connectivity index (χ4n) is 3.48. The van der Waals surface area contributed by atoms with Crippen molar-refractivity contribution in [1.82, 2.24) is 0 Å². The van der Waals surface area contributed by atoms with Gasteiger partial charge in [0, 0.05) is 29.7 Å². The number of carbonyl (C=O) groups is 1. The summed E-state index contributed by atoms with van der Waals surface area (Å²) in [6, 6.07) is 21.5. The van der Waals surface area contributed by atoms with Crippen LogP contribution in [0.2, 0.25) is 0 Å². The topological polar surface area (TPSA) is 54.3 Å². The third-order valence-corrected chi connectivity index (χ3v) is 5.18. The highest BCUT2D eigenvalue weighted by molar-refractivity contribution is 6.19. The van der Waals surface area contributed by atoms with Crippen molar-refractivity contribution < 1.29 is 13.6 Å². The number of ketones is 1. The van der Waals surface area contributed by atoms with E-state index >= 15 is 0 Å². The Bertz CT molecular complexity index is 1170. The summed E-state index contributed by atoms with van der Waals surface area (Å²) in [5.74, 6) is -0.113. The van der Waals surface area contributed by atoms with Crippen molar-refractivity contribution in [2.75, 3.05) is 17.2 Å². The molecule has 0 fully saturated rings. The number of hydrogen-bond acceptors (Lipinski definition) is 4. The lowest BCUT2D eigenvalue weighted by atomic mass is 10.0. The Labute approximate surface area is 181 Å². The van der Waals surface area contributed by atoms with Crippen molar-refractivity contribution in [3.05, 3.63) is 95.3 Å². The molecule has 5 heteroatoms. The van der Waals surface area contributed by atoms with Crippen LogP contribution in [0.1, 0.15) is 41.3 Å². The summed E-state index contributed by atoms with van der Waals surface area (Å²) in [5, 5.41) is 7.39. The van der Waals surface area contributed by atoms with Crippen LogP contribution in [0.5, 0.6) is 0 Å². The lowest BCUT2D eigenvalue weighted by Gasteiger charge is -2.07. The molecule has 0 bridgehead atoms. The monoisotopic (exact) mass is 416 g/mol. The molecule has 0 atom stereocenters. The number of nitrogens with one attached hydrogen (secondary N) is 2. The first kappa shape index (κ1) is 20.7. The van der Waals surface area contributed by atoms with E-state index in [1.165, 1.54) is 29.8 Å². The van der Waals surface area contributed by atoms with Gasteiger partial charge in [0.05, 0.1) is 5.56 Å². The van der Waals surface area contributed by atoms with E-state index in [0.717, 1.165) is 23.9 Å². The lowest BCUT2D eigenvalue weighted by molar-refractivity contribution is 0.104. The van der Waals surface area contributed by atoms with Crippen molar-refractivity contribution in [2.24, 2.45) is 0 Å². The van der Waals surface area contributed by atoms with Crippen LogP contribution in [0.3, 0.4) is 0 Å². The Balaban J connectivity index is 1.69. The normalized spacial score (nSPS) is 10.9. The van der Waals surface area contributed by atoms with Crippen LogP contribution in [0.4, 0.5) is 16.0 Å². The van der Waals surface area contributed by atoms with Gasteiger partial charge < -0.3 is 15.1 Å². The molecule has 4 aromatic rings. The Morgan fingerprint density at radius 3 is 2.48 bits per heavy atom. The van der Waals surface area contributed by atoms with E-state index in [0.29, 0.717) is 35.7 Å². The molecule has 3 aromatic carbocycles. The van der Waals surface area contributed by atoms with Gasteiger partial charge in [-0.25, -0.2) is 4.39 Å². The molecule has 0 amide bonds. The maximum absolute atomic E-state index is 13.4. The molecule has 4 rings (SSSR count). The number of halogens is 1. The highest BCUT2D eigenvalue weighted by atomic mass is 19.1. The van der Waals surface area contributed by atoms with Gasteiger partial charge in [-0.05, 0) is 54.4 Å². The van der Waals surface area contributed by atoms with E-state index in [2.05, 4.69) is 29.7 Å². The van der Waals surface area contributed by atoms with Crippen molar-refractivity contribution >= 4 is 28.3 Å². The molecular weight excluding hydrogens is 391 g/mol. The van der Waals surface area contributed by atoms with E-state index in [4.69, 9.17) is 4.42 Å². The molecule has 0 radical (unpaired) electrons. The standard InChI is InChI=1S/C26H25FN2O2/c1-2-3-15-28-26-24(25(30)19-9-11-20(27)12-10-19)22-16-21(13-14-23(22)31-26)29-17-18-7-5-4-6-8-18/h4-14,16,28-29H,2-3,15,17H2,1H3. The summed E-state index contributed by atoms with van der Waals surface area (Å²) in [5.41, 5.74) is 3.59. The zero-order valence-corrected chi connectivity index (χ0v) is 17.5. The lowest BCUT2D eigenvalue weighted by Crippen LogP contribution is -2.07. The highest BCUT2D eigenvalue weighted by Crippen LogP contribution is 2.34. The van der Waals surface area contributed by atoms with E-state index < -0.39 is 0 Å². The van der Waals surface area contributed by atoms with E-state index in [-0.39, 0.29) is 11.6 Å². The van der Waals surface area contributed by atoms with E-state index in [1.54, 1.807) is 0 Å². The molecule has 0 aliphatic heterocycles. The van der Waals surface area contributed by atoms with Crippen LogP contribution in [0.15, 0.2) is 77.2 Å². The molecule has 158 valence electrons. The van der Waals surface area contributed by atoms with Gasteiger partial charge in [-0.15, -0.1) is 0 Å². The highest BCUT2D eigenvalue weighted by Gasteiger charge is 2.22. The molecule has 0 saturated heterocycles. The minimum absolute atomic E-state index is 0.196. The second-order valence-electron chi connectivity index (χ2n) is 7.47. The zero-order valence-electron chi connectivity index (χ0n) is 17.5. The zero-order chi connectivity index (χ0) is 21.6. The largest absolute Gasteiger partial charge is 0.440 e. The van der Waals surface area contributed by atoms with Crippen molar-refractivity contribution in [1.29, 1.82) is 0 Å². The van der Waals surface area contributed by atoms with Crippen LogP contribution in [-0.4, -0.2) is 12.3 Å². The third-order valence-electron chi connectivity index (χ3n) is 5.18. The molecule has 0 spiro atoms. The number of fused-ring (bicyclic) bond motifs is 1. The average molecular weight is 416 g/mol. The fourth-order valence-corrected chi connectivity index (χ4v) is 3.48. The molecule has 31 heavy (non-hydrogen) atoms. The number of carbonyl (C=O) groups excluding carboxylic acids is 1. The summed E-state index contributed by atoms with van der Waals surface area (Å²) in [7, 11) is 0. The number of rotatable bonds is 9. The molecule has 2 N–H and O–H groups in total. The predicted octanol–water partition coefficient (Wildman–Crippen LogP) is 6.63. The molecule has 1 aromatic heterocycles. The van der Waals surface area contributed by atoms with Crippen LogP contribution in [0.25, 0.3) is 11.0 Å². The number of anilines is 2. The van der Waals surface area contributed by atoms with Gasteiger partial charge in [-0.3, -0.25) is 4.79 Å². The van der Waals surface area contributed by atoms with Gasteiger partial charge in [0.2, 0.25) is 5.88 Å². The minimum Gasteiger partial charge on any atom is -0.440 e. The van der Waals surface area contributed by atoms with Crippen LogP contribution in [-0.2, 0) is 6.54 Å². The van der Waals surface area contributed by atoms with Crippen LogP contribution >= 0.6 is 0 Å². The molecule has 4 nitrogen and oxygen atoms in total. The third kappa shape index (κ3) is 4.77. The molecule has 1 heterocycles. The molecular formula is C26H25FN2O2. The molecule has 0 aliphatic rings. The number of hydrogen-bond donors (Lipinski definition) is 2. The Morgan fingerprint density at radius 2 is 1.74 bits per heavy atom. The number of unbranched alkanes of at least 4 members (excludes halogenated alkanes) is 1.